The number of rotatable bonds is 3. The van der Waals surface area contributed by atoms with E-state index in [4.69, 9.17) is 0 Å². The molecule has 0 spiro atoms. The number of ketones is 1. The number of hydrogen-bond acceptors (Lipinski definition) is 3. The van der Waals surface area contributed by atoms with Crippen LogP contribution in [0.5, 0.6) is 0 Å². The number of Topliss-reactive ketones (excluding diaryl/α,β-unsaturated/α-hetero) is 1. The quantitative estimate of drug-likeness (QED) is 0.929. The molecule has 1 fully saturated rings. The number of carbonyl (C=O) groups excluding carboxylic acids is 1. The van der Waals surface area contributed by atoms with E-state index >= 15 is 0 Å². The predicted molar refractivity (Wildman–Crippen MR) is 93.1 cm³/mol. The molecular weight excluding hydrogens is 300 g/mol. The van der Waals surface area contributed by atoms with Gasteiger partial charge in [-0.05, 0) is 61.4 Å². The van der Waals surface area contributed by atoms with E-state index in [1.807, 2.05) is 42.2 Å². The van der Waals surface area contributed by atoms with E-state index in [2.05, 4.69) is 12.0 Å². The summed E-state index contributed by atoms with van der Waals surface area (Å²) in [4.78, 5) is 12.9. The van der Waals surface area contributed by atoms with Gasteiger partial charge in [0.05, 0.1) is 17.5 Å². The summed E-state index contributed by atoms with van der Waals surface area (Å²) in [6.07, 6.45) is 7.24. The molecule has 0 saturated heterocycles. The first kappa shape index (κ1) is 15.2. The molecule has 4 nitrogen and oxygen atoms in total. The summed E-state index contributed by atoms with van der Waals surface area (Å²) in [6, 6.07) is 6.07. The molecule has 1 aromatic carbocycles. The van der Waals surface area contributed by atoms with Crippen molar-refractivity contribution in [1.29, 1.82) is 0 Å². The molecule has 0 radical (unpaired) electrons. The summed E-state index contributed by atoms with van der Waals surface area (Å²) >= 11 is 0. The zero-order chi connectivity index (χ0) is 16.8. The Kier molecular flexibility index (Phi) is 3.56. The van der Waals surface area contributed by atoms with Crippen LogP contribution in [-0.4, -0.2) is 20.7 Å². The number of carbonyl (C=O) groups is 1. The van der Waals surface area contributed by atoms with Gasteiger partial charge in [-0.3, -0.25) is 4.79 Å². The Labute approximate surface area is 141 Å². The van der Waals surface area contributed by atoms with E-state index in [1.54, 1.807) is 0 Å². The summed E-state index contributed by atoms with van der Waals surface area (Å²) in [6.45, 7) is 4.08. The third-order valence-electron chi connectivity index (χ3n) is 5.41. The lowest BCUT2D eigenvalue weighted by Crippen LogP contribution is -2.22. The van der Waals surface area contributed by atoms with Gasteiger partial charge in [0.2, 0.25) is 0 Å². The molecule has 2 atom stereocenters. The lowest BCUT2D eigenvalue weighted by Gasteiger charge is -2.23. The number of benzene rings is 1. The SMILES string of the molecule is CCc1ccc(-n2cc(C)cn2)cc1C1=C(O)[C@H]2CCC(C2)C1=O. The van der Waals surface area contributed by atoms with Gasteiger partial charge in [-0.2, -0.15) is 5.10 Å². The fourth-order valence-electron chi connectivity index (χ4n) is 4.08. The zero-order valence-corrected chi connectivity index (χ0v) is 14.1. The summed E-state index contributed by atoms with van der Waals surface area (Å²) in [5, 5.41) is 15.1. The molecule has 1 saturated carbocycles. The number of nitrogens with zero attached hydrogens (tertiary/aromatic N) is 2. The highest BCUT2D eigenvalue weighted by molar-refractivity contribution is 6.23. The fraction of sp³-hybridized carbons (Fsp3) is 0.400. The topological polar surface area (TPSA) is 55.1 Å². The molecule has 0 aliphatic heterocycles. The molecule has 2 aromatic rings. The maximum Gasteiger partial charge on any atom is 0.169 e. The Hall–Kier alpha value is -2.36. The molecule has 2 aliphatic rings. The van der Waals surface area contributed by atoms with Gasteiger partial charge in [0.1, 0.15) is 5.76 Å². The van der Waals surface area contributed by atoms with E-state index in [-0.39, 0.29) is 17.6 Å². The highest BCUT2D eigenvalue weighted by Gasteiger charge is 2.41. The number of fused-ring (bicyclic) bond motifs is 2. The highest BCUT2D eigenvalue weighted by atomic mass is 16.3. The minimum absolute atomic E-state index is 0.0845. The van der Waals surface area contributed by atoms with Gasteiger partial charge >= 0.3 is 0 Å². The second kappa shape index (κ2) is 5.62. The summed E-state index contributed by atoms with van der Waals surface area (Å²) in [5.41, 5.74) is 4.53. The molecular formula is C20H22N2O2. The monoisotopic (exact) mass is 322 g/mol. The van der Waals surface area contributed by atoms with Crippen LogP contribution in [0.25, 0.3) is 11.3 Å². The normalized spacial score (nSPS) is 23.2. The molecule has 24 heavy (non-hydrogen) atoms. The Morgan fingerprint density at radius 2 is 2.08 bits per heavy atom. The van der Waals surface area contributed by atoms with Crippen LogP contribution in [0.1, 0.15) is 42.9 Å². The van der Waals surface area contributed by atoms with Gasteiger partial charge in [-0.15, -0.1) is 0 Å². The van der Waals surface area contributed by atoms with Crippen molar-refractivity contribution in [3.8, 4) is 5.69 Å². The number of aryl methyl sites for hydroxylation is 2. The number of aliphatic hydroxyl groups is 1. The summed E-state index contributed by atoms with van der Waals surface area (Å²) in [5.74, 6) is 0.659. The lowest BCUT2D eigenvalue weighted by atomic mass is 9.81. The molecule has 4 heteroatoms. The van der Waals surface area contributed by atoms with E-state index in [1.165, 1.54) is 0 Å². The second-order valence-electron chi connectivity index (χ2n) is 6.99. The van der Waals surface area contributed by atoms with Crippen molar-refractivity contribution < 1.29 is 9.90 Å². The van der Waals surface area contributed by atoms with Crippen LogP contribution in [0.4, 0.5) is 0 Å². The van der Waals surface area contributed by atoms with Crippen LogP contribution in [0.15, 0.2) is 36.4 Å². The van der Waals surface area contributed by atoms with Crippen molar-refractivity contribution >= 4 is 11.4 Å². The van der Waals surface area contributed by atoms with Gasteiger partial charge in [0.25, 0.3) is 0 Å². The van der Waals surface area contributed by atoms with Crippen LogP contribution in [-0.2, 0) is 11.2 Å². The first-order chi connectivity index (χ1) is 11.6. The van der Waals surface area contributed by atoms with Crippen molar-refractivity contribution in [3.05, 3.63) is 53.0 Å². The van der Waals surface area contributed by atoms with Gasteiger partial charge < -0.3 is 5.11 Å². The van der Waals surface area contributed by atoms with Crippen molar-refractivity contribution in [2.45, 2.75) is 39.5 Å². The van der Waals surface area contributed by atoms with E-state index in [0.717, 1.165) is 48.1 Å². The molecule has 1 aromatic heterocycles. The molecule has 2 aliphatic carbocycles. The number of allylic oxidation sites excluding steroid dienone is 2. The minimum atomic E-state index is 0.0845. The second-order valence-corrected chi connectivity index (χ2v) is 6.99. The first-order valence-corrected chi connectivity index (χ1v) is 8.70. The molecule has 4 rings (SSSR count). The van der Waals surface area contributed by atoms with Gasteiger partial charge in [-0.25, -0.2) is 4.68 Å². The van der Waals surface area contributed by atoms with Crippen LogP contribution in [0.2, 0.25) is 0 Å². The van der Waals surface area contributed by atoms with Crippen LogP contribution < -0.4 is 0 Å². The van der Waals surface area contributed by atoms with Gasteiger partial charge in [0.15, 0.2) is 5.78 Å². The number of hydrogen-bond donors (Lipinski definition) is 1. The number of aliphatic hydroxyl groups excluding tert-OH is 1. The lowest BCUT2D eigenvalue weighted by molar-refractivity contribution is -0.117. The Morgan fingerprint density at radius 3 is 2.79 bits per heavy atom. The van der Waals surface area contributed by atoms with Crippen LogP contribution in [0, 0.1) is 18.8 Å². The smallest absolute Gasteiger partial charge is 0.169 e. The first-order valence-electron chi connectivity index (χ1n) is 8.70. The fourth-order valence-corrected chi connectivity index (χ4v) is 4.08. The molecule has 2 bridgehead atoms. The van der Waals surface area contributed by atoms with Crippen molar-refractivity contribution in [2.75, 3.05) is 0 Å². The largest absolute Gasteiger partial charge is 0.511 e. The standard InChI is InChI=1S/C20H22N2O2/c1-3-13-6-7-16(22-11-12(2)10-21-22)9-17(13)18-19(23)14-4-5-15(8-14)20(18)24/h6-7,9-11,14-15,23H,3-5,8H2,1-2H3/t14-,15?/m0/s1. The minimum Gasteiger partial charge on any atom is -0.511 e. The highest BCUT2D eigenvalue weighted by Crippen LogP contribution is 2.46. The maximum atomic E-state index is 12.9. The van der Waals surface area contributed by atoms with E-state index in [0.29, 0.717) is 11.3 Å². The Morgan fingerprint density at radius 1 is 1.29 bits per heavy atom. The summed E-state index contributed by atoms with van der Waals surface area (Å²) < 4.78 is 1.82. The zero-order valence-electron chi connectivity index (χ0n) is 14.1. The molecule has 1 N–H and O–H groups in total. The molecule has 1 unspecified atom stereocenters. The molecule has 124 valence electrons. The Bertz CT molecular complexity index is 847. The predicted octanol–water partition coefficient (Wildman–Crippen LogP) is 4.01. The molecule has 1 heterocycles. The van der Waals surface area contributed by atoms with Crippen LogP contribution in [0.3, 0.4) is 0 Å². The Balaban J connectivity index is 1.87. The average molecular weight is 322 g/mol. The van der Waals surface area contributed by atoms with Crippen molar-refractivity contribution in [3.63, 3.8) is 0 Å². The van der Waals surface area contributed by atoms with Crippen molar-refractivity contribution in [1.82, 2.24) is 9.78 Å². The maximum absolute atomic E-state index is 12.9. The van der Waals surface area contributed by atoms with E-state index in [9.17, 15) is 9.90 Å². The van der Waals surface area contributed by atoms with E-state index < -0.39 is 0 Å². The third kappa shape index (κ3) is 2.29. The van der Waals surface area contributed by atoms with Gasteiger partial charge in [0, 0.05) is 18.0 Å². The number of aromatic nitrogens is 2. The van der Waals surface area contributed by atoms with Crippen LogP contribution >= 0.6 is 0 Å². The van der Waals surface area contributed by atoms with Crippen molar-refractivity contribution in [2.24, 2.45) is 11.8 Å². The average Bonchev–Trinajstić information content (AvgIpc) is 3.21. The summed E-state index contributed by atoms with van der Waals surface area (Å²) in [7, 11) is 0. The van der Waals surface area contributed by atoms with Gasteiger partial charge in [-0.1, -0.05) is 13.0 Å². The molecule has 0 amide bonds. The third-order valence-corrected chi connectivity index (χ3v) is 5.41.